The molecule has 2 aromatic carbocycles. The average Bonchev–Trinajstić information content (AvgIpc) is 2.46. The molecule has 0 heterocycles. The molecule has 2 aromatic rings. The van der Waals surface area contributed by atoms with E-state index in [0.29, 0.717) is 6.07 Å². The maximum atomic E-state index is 13.1. The summed E-state index contributed by atoms with van der Waals surface area (Å²) >= 11 is 0. The Labute approximate surface area is 125 Å². The number of carbonyl (C=O) groups is 2. The van der Waals surface area contributed by atoms with Crippen molar-refractivity contribution >= 4 is 11.9 Å². The molecule has 0 spiro atoms. The number of aliphatic carboxylic acids is 1. The van der Waals surface area contributed by atoms with Gasteiger partial charge in [0.1, 0.15) is 17.7 Å². The summed E-state index contributed by atoms with van der Waals surface area (Å²) in [7, 11) is 0. The van der Waals surface area contributed by atoms with Crippen molar-refractivity contribution in [1.82, 2.24) is 5.32 Å². The van der Waals surface area contributed by atoms with E-state index >= 15 is 0 Å². The Morgan fingerprint density at radius 1 is 1.05 bits per heavy atom. The van der Waals surface area contributed by atoms with Gasteiger partial charge in [-0.3, -0.25) is 4.79 Å². The number of carbonyl (C=O) groups excluding carboxylic acids is 1. The summed E-state index contributed by atoms with van der Waals surface area (Å²) in [5, 5.41) is 11.4. The van der Waals surface area contributed by atoms with Crippen LogP contribution in [0.1, 0.15) is 15.9 Å². The zero-order valence-electron chi connectivity index (χ0n) is 11.4. The summed E-state index contributed by atoms with van der Waals surface area (Å²) < 4.78 is 26.2. The standard InChI is InChI=1S/C16H13F2NO3/c17-12-7-11(8-13(18)9-12)15(20)19-14(16(21)22)6-10-4-2-1-3-5-10/h1-5,7-9,14H,6H2,(H,19,20)(H,21,22)/t14-/m0/s1. The lowest BCUT2D eigenvalue weighted by Crippen LogP contribution is -2.42. The van der Waals surface area contributed by atoms with Crippen LogP contribution < -0.4 is 5.32 Å². The summed E-state index contributed by atoms with van der Waals surface area (Å²) in [6.45, 7) is 0. The molecular formula is C16H13F2NO3. The molecule has 0 saturated heterocycles. The van der Waals surface area contributed by atoms with E-state index in [1.165, 1.54) is 0 Å². The highest BCUT2D eigenvalue weighted by atomic mass is 19.1. The first kappa shape index (κ1) is 15.6. The van der Waals surface area contributed by atoms with Gasteiger partial charge in [-0.2, -0.15) is 0 Å². The lowest BCUT2D eigenvalue weighted by molar-refractivity contribution is -0.139. The summed E-state index contributed by atoms with van der Waals surface area (Å²) in [4.78, 5) is 23.2. The summed E-state index contributed by atoms with van der Waals surface area (Å²) in [6.07, 6.45) is 0.0692. The molecule has 1 amide bonds. The van der Waals surface area contributed by atoms with Crippen molar-refractivity contribution in [2.24, 2.45) is 0 Å². The Bertz CT molecular complexity index is 669. The highest BCUT2D eigenvalue weighted by Crippen LogP contribution is 2.09. The van der Waals surface area contributed by atoms with Crippen molar-refractivity contribution in [1.29, 1.82) is 0 Å². The minimum Gasteiger partial charge on any atom is -0.480 e. The molecule has 2 rings (SSSR count). The first-order valence-corrected chi connectivity index (χ1v) is 6.49. The van der Waals surface area contributed by atoms with E-state index in [4.69, 9.17) is 0 Å². The highest BCUT2D eigenvalue weighted by Gasteiger charge is 2.21. The minimum atomic E-state index is -1.23. The number of hydrogen-bond donors (Lipinski definition) is 2. The molecule has 0 bridgehead atoms. The number of rotatable bonds is 5. The third kappa shape index (κ3) is 4.12. The van der Waals surface area contributed by atoms with Gasteiger partial charge in [0.15, 0.2) is 0 Å². The van der Waals surface area contributed by atoms with Crippen LogP contribution in [-0.2, 0) is 11.2 Å². The third-order valence-electron chi connectivity index (χ3n) is 3.01. The average molecular weight is 305 g/mol. The highest BCUT2D eigenvalue weighted by molar-refractivity contribution is 5.96. The van der Waals surface area contributed by atoms with E-state index in [1.807, 2.05) is 0 Å². The van der Waals surface area contributed by atoms with Gasteiger partial charge in [-0.25, -0.2) is 13.6 Å². The van der Waals surface area contributed by atoms with Crippen LogP contribution in [0.25, 0.3) is 0 Å². The number of amides is 1. The van der Waals surface area contributed by atoms with E-state index in [9.17, 15) is 23.5 Å². The molecule has 0 aliphatic rings. The Morgan fingerprint density at radius 3 is 2.18 bits per heavy atom. The van der Waals surface area contributed by atoms with Crippen molar-refractivity contribution in [3.63, 3.8) is 0 Å². The predicted octanol–water partition coefficient (Wildman–Crippen LogP) is 2.39. The fraction of sp³-hybridized carbons (Fsp3) is 0.125. The van der Waals surface area contributed by atoms with Crippen LogP contribution in [0.5, 0.6) is 0 Å². The van der Waals surface area contributed by atoms with Crippen molar-refractivity contribution in [3.8, 4) is 0 Å². The molecule has 1 atom stereocenters. The van der Waals surface area contributed by atoms with Crippen molar-refractivity contribution < 1.29 is 23.5 Å². The van der Waals surface area contributed by atoms with Crippen LogP contribution in [0, 0.1) is 11.6 Å². The lowest BCUT2D eigenvalue weighted by Gasteiger charge is -2.14. The molecular weight excluding hydrogens is 292 g/mol. The summed E-state index contributed by atoms with van der Waals surface area (Å²) in [5.41, 5.74) is 0.456. The molecule has 2 N–H and O–H groups in total. The van der Waals surface area contributed by atoms with E-state index in [0.717, 1.165) is 17.7 Å². The molecule has 0 saturated carbocycles. The van der Waals surface area contributed by atoms with Gasteiger partial charge in [0, 0.05) is 18.1 Å². The number of carboxylic acid groups (broad SMARTS) is 1. The number of carboxylic acids is 1. The van der Waals surface area contributed by atoms with E-state index < -0.39 is 29.6 Å². The van der Waals surface area contributed by atoms with E-state index in [1.54, 1.807) is 30.3 Å². The van der Waals surface area contributed by atoms with Crippen LogP contribution in [0.15, 0.2) is 48.5 Å². The zero-order valence-corrected chi connectivity index (χ0v) is 11.4. The third-order valence-corrected chi connectivity index (χ3v) is 3.01. The van der Waals surface area contributed by atoms with Gasteiger partial charge in [0.25, 0.3) is 5.91 Å². The summed E-state index contributed by atoms with van der Waals surface area (Å²) in [5.74, 6) is -3.88. The Hall–Kier alpha value is -2.76. The van der Waals surface area contributed by atoms with Gasteiger partial charge in [0.2, 0.25) is 0 Å². The van der Waals surface area contributed by atoms with Gasteiger partial charge < -0.3 is 10.4 Å². The Balaban J connectivity index is 2.13. The smallest absolute Gasteiger partial charge is 0.326 e. The van der Waals surface area contributed by atoms with Gasteiger partial charge in [-0.05, 0) is 17.7 Å². The fourth-order valence-corrected chi connectivity index (χ4v) is 1.98. The SMILES string of the molecule is O=C(N[C@@H](Cc1ccccc1)C(=O)O)c1cc(F)cc(F)c1. The molecule has 6 heteroatoms. The first-order chi connectivity index (χ1) is 10.5. The Kier molecular flexibility index (Phi) is 4.83. The van der Waals surface area contributed by atoms with Crippen molar-refractivity contribution in [2.75, 3.05) is 0 Å². The molecule has 114 valence electrons. The second kappa shape index (κ2) is 6.80. The Morgan fingerprint density at radius 2 is 1.64 bits per heavy atom. The zero-order chi connectivity index (χ0) is 16.1. The van der Waals surface area contributed by atoms with E-state index in [-0.39, 0.29) is 12.0 Å². The summed E-state index contributed by atoms with van der Waals surface area (Å²) in [6, 6.07) is 9.87. The van der Waals surface area contributed by atoms with Crippen molar-refractivity contribution in [3.05, 3.63) is 71.3 Å². The second-order valence-electron chi connectivity index (χ2n) is 4.71. The molecule has 0 aliphatic carbocycles. The minimum absolute atomic E-state index is 0.0692. The van der Waals surface area contributed by atoms with Crippen LogP contribution in [0.3, 0.4) is 0 Å². The maximum absolute atomic E-state index is 13.1. The number of nitrogens with one attached hydrogen (secondary N) is 1. The van der Waals surface area contributed by atoms with Crippen LogP contribution in [0.2, 0.25) is 0 Å². The van der Waals surface area contributed by atoms with Gasteiger partial charge in [-0.1, -0.05) is 30.3 Å². The fourth-order valence-electron chi connectivity index (χ4n) is 1.98. The van der Waals surface area contributed by atoms with Gasteiger partial charge in [0.05, 0.1) is 0 Å². The largest absolute Gasteiger partial charge is 0.480 e. The number of halogens is 2. The quantitative estimate of drug-likeness (QED) is 0.891. The molecule has 4 nitrogen and oxygen atoms in total. The molecule has 0 aliphatic heterocycles. The maximum Gasteiger partial charge on any atom is 0.326 e. The van der Waals surface area contributed by atoms with Crippen LogP contribution in [0.4, 0.5) is 8.78 Å². The normalized spacial score (nSPS) is 11.7. The predicted molar refractivity (Wildman–Crippen MR) is 75.4 cm³/mol. The number of hydrogen-bond acceptors (Lipinski definition) is 2. The van der Waals surface area contributed by atoms with Gasteiger partial charge >= 0.3 is 5.97 Å². The second-order valence-corrected chi connectivity index (χ2v) is 4.71. The molecule has 22 heavy (non-hydrogen) atoms. The lowest BCUT2D eigenvalue weighted by atomic mass is 10.1. The van der Waals surface area contributed by atoms with Crippen molar-refractivity contribution in [2.45, 2.75) is 12.5 Å². The van der Waals surface area contributed by atoms with Crippen LogP contribution >= 0.6 is 0 Å². The topological polar surface area (TPSA) is 66.4 Å². The monoisotopic (exact) mass is 305 g/mol. The first-order valence-electron chi connectivity index (χ1n) is 6.49. The molecule has 0 radical (unpaired) electrons. The molecule has 0 aromatic heterocycles. The number of benzene rings is 2. The van der Waals surface area contributed by atoms with Gasteiger partial charge in [-0.15, -0.1) is 0 Å². The van der Waals surface area contributed by atoms with E-state index in [2.05, 4.69) is 5.32 Å². The molecule has 0 fully saturated rings. The molecule has 0 unspecified atom stereocenters. The van der Waals surface area contributed by atoms with Crippen LogP contribution in [-0.4, -0.2) is 23.0 Å².